The van der Waals surface area contributed by atoms with Gasteiger partial charge in [0.1, 0.15) is 0 Å². The van der Waals surface area contributed by atoms with Crippen molar-refractivity contribution in [3.8, 4) is 11.3 Å². The third-order valence-electron chi connectivity index (χ3n) is 5.49. The molecule has 0 spiro atoms. The molecule has 0 fully saturated rings. The van der Waals surface area contributed by atoms with Gasteiger partial charge in [-0.25, -0.2) is 18.2 Å². The van der Waals surface area contributed by atoms with Gasteiger partial charge in [0.25, 0.3) is 0 Å². The van der Waals surface area contributed by atoms with Gasteiger partial charge >= 0.3 is 17.9 Å². The first-order chi connectivity index (χ1) is 17.8. The Morgan fingerprint density at radius 1 is 1.08 bits per heavy atom. The van der Waals surface area contributed by atoms with Crippen molar-refractivity contribution in [2.75, 3.05) is 11.2 Å². The lowest BCUT2D eigenvalue weighted by Gasteiger charge is -2.22. The number of carbonyl (C=O) groups is 1. The van der Waals surface area contributed by atoms with Gasteiger partial charge in [-0.15, -0.1) is 0 Å². The fourth-order valence-electron chi connectivity index (χ4n) is 3.52. The Morgan fingerprint density at radius 3 is 2.34 bits per heavy atom. The highest BCUT2D eigenvalue weighted by atomic mass is 79.9. The number of hydrogen-bond acceptors (Lipinski definition) is 6. The molecule has 0 radical (unpaired) electrons. The van der Waals surface area contributed by atoms with E-state index < -0.39 is 27.3 Å². The second-order valence-electron chi connectivity index (χ2n) is 8.18. The number of benzene rings is 3. The molecular weight excluding hydrogens is 629 g/mol. The molecule has 4 aromatic rings. The van der Waals surface area contributed by atoms with Crippen LogP contribution in [0.15, 0.2) is 80.6 Å². The van der Waals surface area contributed by atoms with Crippen LogP contribution in [0.2, 0.25) is 10.0 Å². The number of alkyl halides is 2. The second kappa shape index (κ2) is 10.6. The highest BCUT2D eigenvalue weighted by Gasteiger charge is 2.42. The number of rotatable bonds is 8. The normalized spacial score (nSPS) is 11.9. The Balaban J connectivity index is 1.72. The molecule has 7 nitrogen and oxygen atoms in total. The van der Waals surface area contributed by atoms with Gasteiger partial charge in [0.05, 0.1) is 27.7 Å². The van der Waals surface area contributed by atoms with Crippen molar-refractivity contribution >= 4 is 66.6 Å². The lowest BCUT2D eigenvalue weighted by atomic mass is 10.1. The average Bonchev–Trinajstić information content (AvgIpc) is 3.34. The Kier molecular flexibility index (Phi) is 7.85. The third-order valence-corrected chi connectivity index (χ3v) is 8.01. The van der Waals surface area contributed by atoms with Crippen molar-refractivity contribution in [3.63, 3.8) is 0 Å². The Bertz CT molecular complexity index is 1630. The molecule has 0 bridgehead atoms. The SMILES string of the molecule is CS(=O)(=O)c1ccc(-c2cnc(N(Cc3ccc(C(F)(F)C(=O)O)c(Br)c3)c3ccc(Cl)c(Cl)c3)o2)cc1. The summed E-state index contributed by atoms with van der Waals surface area (Å²) in [6.45, 7) is 0.0719. The minimum absolute atomic E-state index is 0.0719. The molecule has 0 saturated heterocycles. The van der Waals surface area contributed by atoms with Crippen LogP contribution in [0.1, 0.15) is 11.1 Å². The molecule has 1 aromatic heterocycles. The van der Waals surface area contributed by atoms with Gasteiger partial charge in [0.15, 0.2) is 15.6 Å². The molecule has 0 saturated carbocycles. The van der Waals surface area contributed by atoms with Crippen LogP contribution < -0.4 is 4.90 Å². The highest BCUT2D eigenvalue weighted by molar-refractivity contribution is 9.10. The smallest absolute Gasteiger partial charge is 0.379 e. The molecule has 4 rings (SSSR count). The van der Waals surface area contributed by atoms with Crippen LogP contribution in [0.3, 0.4) is 0 Å². The quantitative estimate of drug-likeness (QED) is 0.214. The van der Waals surface area contributed by atoms with Crippen molar-refractivity contribution in [1.29, 1.82) is 0 Å². The zero-order valence-electron chi connectivity index (χ0n) is 19.3. The maximum atomic E-state index is 14.1. The number of carboxylic acid groups (broad SMARTS) is 1. The maximum absolute atomic E-state index is 14.1. The summed E-state index contributed by atoms with van der Waals surface area (Å²) in [4.78, 5) is 17.1. The van der Waals surface area contributed by atoms with Gasteiger partial charge < -0.3 is 9.52 Å². The van der Waals surface area contributed by atoms with Crippen LogP contribution in [-0.2, 0) is 27.1 Å². The molecule has 0 aliphatic heterocycles. The Labute approximate surface area is 234 Å². The monoisotopic (exact) mass is 644 g/mol. The number of aromatic nitrogens is 1. The number of oxazole rings is 1. The fraction of sp³-hybridized carbons (Fsp3) is 0.120. The molecule has 0 aliphatic carbocycles. The zero-order chi connectivity index (χ0) is 27.8. The van der Waals surface area contributed by atoms with Gasteiger partial charge in [-0.2, -0.15) is 8.78 Å². The van der Waals surface area contributed by atoms with Crippen molar-refractivity contribution < 1.29 is 31.5 Å². The summed E-state index contributed by atoms with van der Waals surface area (Å²) >= 11 is 15.3. The minimum Gasteiger partial charge on any atom is -0.477 e. The molecule has 1 N–H and O–H groups in total. The third kappa shape index (κ3) is 5.85. The van der Waals surface area contributed by atoms with Crippen LogP contribution in [-0.4, -0.2) is 30.7 Å². The van der Waals surface area contributed by atoms with E-state index in [0.29, 0.717) is 27.6 Å². The van der Waals surface area contributed by atoms with Crippen LogP contribution in [0.25, 0.3) is 11.3 Å². The average molecular weight is 646 g/mol. The van der Waals surface area contributed by atoms with Crippen molar-refractivity contribution in [1.82, 2.24) is 4.98 Å². The number of carboxylic acids is 1. The molecule has 0 atom stereocenters. The molecule has 198 valence electrons. The Hall–Kier alpha value is -2.99. The fourth-order valence-corrected chi connectivity index (χ4v) is 5.12. The largest absolute Gasteiger partial charge is 0.477 e. The van der Waals surface area contributed by atoms with E-state index in [0.717, 1.165) is 12.3 Å². The first-order valence-electron chi connectivity index (χ1n) is 10.7. The molecule has 0 amide bonds. The molecule has 38 heavy (non-hydrogen) atoms. The minimum atomic E-state index is -4.08. The summed E-state index contributed by atoms with van der Waals surface area (Å²) in [5.41, 5.74) is 0.931. The molecule has 3 aromatic carbocycles. The topological polar surface area (TPSA) is 101 Å². The standard InChI is InChI=1S/C25H17BrCl2F2N2O5S/c1-38(35,36)17-6-3-15(4-7-17)22-12-31-24(37-22)32(16-5-9-20(27)21(28)11-16)13-14-2-8-18(19(26)10-14)25(29,30)23(33)34/h2-12H,13H2,1H3,(H,33,34). The van der Waals surface area contributed by atoms with Gasteiger partial charge in [0.2, 0.25) is 0 Å². The number of aliphatic carboxylic acids is 1. The zero-order valence-corrected chi connectivity index (χ0v) is 23.2. The van der Waals surface area contributed by atoms with Gasteiger partial charge in [-0.1, -0.05) is 51.3 Å². The summed E-state index contributed by atoms with van der Waals surface area (Å²) in [6, 6.07) is 14.8. The van der Waals surface area contributed by atoms with Gasteiger partial charge in [0, 0.05) is 27.5 Å². The van der Waals surface area contributed by atoms with Crippen LogP contribution in [0.5, 0.6) is 0 Å². The van der Waals surface area contributed by atoms with Gasteiger partial charge in [-0.3, -0.25) is 4.90 Å². The van der Waals surface area contributed by atoms with E-state index >= 15 is 0 Å². The number of hydrogen-bond donors (Lipinski definition) is 1. The first-order valence-corrected chi connectivity index (χ1v) is 14.1. The van der Waals surface area contributed by atoms with E-state index in [1.165, 1.54) is 30.5 Å². The molecular formula is C25H17BrCl2F2N2O5S. The lowest BCUT2D eigenvalue weighted by Crippen LogP contribution is -2.26. The molecule has 13 heteroatoms. The number of anilines is 2. The van der Waals surface area contributed by atoms with E-state index in [1.807, 2.05) is 0 Å². The van der Waals surface area contributed by atoms with E-state index in [4.69, 9.17) is 32.7 Å². The first kappa shape index (κ1) is 28.0. The van der Waals surface area contributed by atoms with Crippen molar-refractivity contribution in [3.05, 3.63) is 92.5 Å². The van der Waals surface area contributed by atoms with Crippen molar-refractivity contribution in [2.45, 2.75) is 17.4 Å². The summed E-state index contributed by atoms with van der Waals surface area (Å²) < 4.78 is 57.5. The lowest BCUT2D eigenvalue weighted by molar-refractivity contribution is -0.166. The number of halogens is 5. The molecule has 0 unspecified atom stereocenters. The maximum Gasteiger partial charge on any atom is 0.379 e. The summed E-state index contributed by atoms with van der Waals surface area (Å²) in [5, 5.41) is 9.45. The van der Waals surface area contributed by atoms with Crippen LogP contribution in [0, 0.1) is 0 Å². The molecule has 0 aliphatic rings. The number of nitrogens with zero attached hydrogens (tertiary/aromatic N) is 2. The summed E-state index contributed by atoms with van der Waals surface area (Å²) in [6.07, 6.45) is 2.57. The van der Waals surface area contributed by atoms with E-state index in [1.54, 1.807) is 35.2 Å². The predicted octanol–water partition coefficient (Wildman–Crippen LogP) is 7.33. The van der Waals surface area contributed by atoms with Gasteiger partial charge in [-0.05, 0) is 54.1 Å². The van der Waals surface area contributed by atoms with Crippen LogP contribution >= 0.6 is 39.1 Å². The van der Waals surface area contributed by atoms with Crippen molar-refractivity contribution in [2.24, 2.45) is 0 Å². The van der Waals surface area contributed by atoms with E-state index in [2.05, 4.69) is 20.9 Å². The summed E-state index contributed by atoms with van der Waals surface area (Å²) in [5.74, 6) is -5.99. The highest BCUT2D eigenvalue weighted by Crippen LogP contribution is 2.37. The Morgan fingerprint density at radius 2 is 1.76 bits per heavy atom. The van der Waals surface area contributed by atoms with Crippen LogP contribution in [0.4, 0.5) is 20.5 Å². The second-order valence-corrected chi connectivity index (χ2v) is 11.9. The van der Waals surface area contributed by atoms with E-state index in [9.17, 15) is 22.0 Å². The number of sulfone groups is 1. The summed E-state index contributed by atoms with van der Waals surface area (Å²) in [7, 11) is -3.37. The van der Waals surface area contributed by atoms with E-state index in [-0.39, 0.29) is 27.0 Å². The predicted molar refractivity (Wildman–Crippen MR) is 143 cm³/mol. The molecule has 1 heterocycles.